The number of nitrogens with one attached hydrogen (secondary N) is 1. The van der Waals surface area contributed by atoms with Crippen molar-refractivity contribution in [2.75, 3.05) is 0 Å². The fourth-order valence-corrected chi connectivity index (χ4v) is 2.76. The maximum Gasteiger partial charge on any atom is 0.137 e. The van der Waals surface area contributed by atoms with Gasteiger partial charge in [-0.25, -0.2) is 9.67 Å². The predicted octanol–water partition coefficient (Wildman–Crippen LogP) is 1.41. The summed E-state index contributed by atoms with van der Waals surface area (Å²) in [6.07, 6.45) is 9.76. The zero-order valence-corrected chi connectivity index (χ0v) is 9.84. The molecule has 0 bridgehead atoms. The van der Waals surface area contributed by atoms with Crippen LogP contribution in [0.25, 0.3) is 0 Å². The topological polar surface area (TPSA) is 66.5 Å². The Morgan fingerprint density at radius 1 is 1.41 bits per heavy atom. The molecule has 0 aliphatic heterocycles. The van der Waals surface area contributed by atoms with E-state index < -0.39 is 0 Å². The van der Waals surface area contributed by atoms with Crippen molar-refractivity contribution in [2.45, 2.75) is 56.1 Å². The lowest BCUT2D eigenvalue weighted by molar-refractivity contribution is 0.218. The SMILES string of the molecule is N#CC1(NC2CC2)CCCC(n2cncn2)C1. The van der Waals surface area contributed by atoms with Crippen LogP contribution in [0.2, 0.25) is 0 Å². The third-order valence-corrected chi connectivity index (χ3v) is 3.81. The van der Waals surface area contributed by atoms with Crippen LogP contribution in [0.1, 0.15) is 44.6 Å². The molecule has 1 aromatic rings. The molecular weight excluding hydrogens is 214 g/mol. The third kappa shape index (κ3) is 2.18. The van der Waals surface area contributed by atoms with E-state index >= 15 is 0 Å². The maximum absolute atomic E-state index is 9.48. The first-order chi connectivity index (χ1) is 8.31. The number of nitriles is 1. The van der Waals surface area contributed by atoms with Crippen molar-refractivity contribution in [3.05, 3.63) is 12.7 Å². The maximum atomic E-state index is 9.48. The van der Waals surface area contributed by atoms with Crippen LogP contribution in [-0.2, 0) is 0 Å². The molecule has 0 aromatic carbocycles. The molecule has 0 radical (unpaired) electrons. The molecule has 1 N–H and O–H groups in total. The second-order valence-corrected chi connectivity index (χ2v) is 5.24. The highest BCUT2D eigenvalue weighted by atomic mass is 15.3. The quantitative estimate of drug-likeness (QED) is 0.854. The summed E-state index contributed by atoms with van der Waals surface area (Å²) in [5, 5.41) is 17.2. The average molecular weight is 231 g/mol. The summed E-state index contributed by atoms with van der Waals surface area (Å²) in [6.45, 7) is 0. The molecule has 0 saturated heterocycles. The van der Waals surface area contributed by atoms with E-state index in [1.807, 2.05) is 4.68 Å². The van der Waals surface area contributed by atoms with Crippen molar-refractivity contribution < 1.29 is 0 Å². The summed E-state index contributed by atoms with van der Waals surface area (Å²) >= 11 is 0. The fourth-order valence-electron chi connectivity index (χ4n) is 2.76. The van der Waals surface area contributed by atoms with Gasteiger partial charge >= 0.3 is 0 Å². The minimum absolute atomic E-state index is 0.317. The second kappa shape index (κ2) is 4.11. The van der Waals surface area contributed by atoms with Gasteiger partial charge in [0.15, 0.2) is 0 Å². The lowest BCUT2D eigenvalue weighted by Crippen LogP contribution is -2.49. The summed E-state index contributed by atoms with van der Waals surface area (Å²) in [4.78, 5) is 3.99. The molecule has 2 aliphatic rings. The second-order valence-electron chi connectivity index (χ2n) is 5.24. The summed E-state index contributed by atoms with van der Waals surface area (Å²) in [5.74, 6) is 0. The van der Waals surface area contributed by atoms with Crippen molar-refractivity contribution in [1.82, 2.24) is 20.1 Å². The van der Waals surface area contributed by atoms with Crippen molar-refractivity contribution >= 4 is 0 Å². The van der Waals surface area contributed by atoms with Gasteiger partial charge in [0.05, 0.1) is 12.1 Å². The molecule has 5 heteroatoms. The van der Waals surface area contributed by atoms with Crippen LogP contribution in [0, 0.1) is 11.3 Å². The molecule has 2 unspecified atom stereocenters. The Bertz CT molecular complexity index is 417. The van der Waals surface area contributed by atoms with Crippen LogP contribution in [0.4, 0.5) is 0 Å². The molecule has 17 heavy (non-hydrogen) atoms. The number of rotatable bonds is 3. The fraction of sp³-hybridized carbons (Fsp3) is 0.750. The van der Waals surface area contributed by atoms with Gasteiger partial charge in [-0.1, -0.05) is 0 Å². The molecule has 2 saturated carbocycles. The number of hydrogen-bond donors (Lipinski definition) is 1. The van der Waals surface area contributed by atoms with Gasteiger partial charge in [0.2, 0.25) is 0 Å². The van der Waals surface area contributed by atoms with E-state index in [0.29, 0.717) is 12.1 Å². The highest BCUT2D eigenvalue weighted by molar-refractivity contribution is 5.12. The van der Waals surface area contributed by atoms with Gasteiger partial charge in [0.1, 0.15) is 18.2 Å². The van der Waals surface area contributed by atoms with Crippen LogP contribution in [0.5, 0.6) is 0 Å². The van der Waals surface area contributed by atoms with Crippen molar-refractivity contribution in [1.29, 1.82) is 5.26 Å². The summed E-state index contributed by atoms with van der Waals surface area (Å²) in [5.41, 5.74) is -0.337. The number of nitrogens with zero attached hydrogens (tertiary/aromatic N) is 4. The van der Waals surface area contributed by atoms with Crippen molar-refractivity contribution in [2.24, 2.45) is 0 Å². The Balaban J connectivity index is 1.75. The first-order valence-electron chi connectivity index (χ1n) is 6.34. The Kier molecular flexibility index (Phi) is 2.60. The van der Waals surface area contributed by atoms with Gasteiger partial charge in [0.25, 0.3) is 0 Å². The first kappa shape index (κ1) is 10.7. The predicted molar refractivity (Wildman–Crippen MR) is 62.0 cm³/mol. The van der Waals surface area contributed by atoms with Gasteiger partial charge in [-0.15, -0.1) is 0 Å². The van der Waals surface area contributed by atoms with Crippen molar-refractivity contribution in [3.63, 3.8) is 0 Å². The molecule has 1 heterocycles. The summed E-state index contributed by atoms with van der Waals surface area (Å²) < 4.78 is 1.90. The van der Waals surface area contributed by atoms with Crippen LogP contribution >= 0.6 is 0 Å². The molecule has 3 rings (SSSR count). The molecule has 90 valence electrons. The molecule has 2 atom stereocenters. The molecule has 0 amide bonds. The number of aromatic nitrogens is 3. The lowest BCUT2D eigenvalue weighted by atomic mass is 9.80. The Labute approximate surface area is 101 Å². The van der Waals surface area contributed by atoms with Crippen LogP contribution in [-0.4, -0.2) is 26.3 Å². The van der Waals surface area contributed by atoms with Gasteiger partial charge < -0.3 is 0 Å². The average Bonchev–Trinajstić information content (AvgIpc) is 2.99. The van der Waals surface area contributed by atoms with Gasteiger partial charge in [0, 0.05) is 12.5 Å². The van der Waals surface area contributed by atoms with Gasteiger partial charge in [-0.2, -0.15) is 10.4 Å². The van der Waals surface area contributed by atoms with Gasteiger partial charge in [-0.3, -0.25) is 5.32 Å². The van der Waals surface area contributed by atoms with Crippen molar-refractivity contribution in [3.8, 4) is 6.07 Å². The first-order valence-corrected chi connectivity index (χ1v) is 6.34. The normalized spacial score (nSPS) is 33.2. The summed E-state index contributed by atoms with van der Waals surface area (Å²) in [7, 11) is 0. The Morgan fingerprint density at radius 3 is 2.94 bits per heavy atom. The third-order valence-electron chi connectivity index (χ3n) is 3.81. The largest absolute Gasteiger partial charge is 0.297 e. The highest BCUT2D eigenvalue weighted by Crippen LogP contribution is 2.37. The zero-order valence-electron chi connectivity index (χ0n) is 9.84. The van der Waals surface area contributed by atoms with Crippen LogP contribution in [0.3, 0.4) is 0 Å². The van der Waals surface area contributed by atoms with E-state index in [1.54, 1.807) is 12.7 Å². The standard InChI is InChI=1S/C12H17N5/c13-7-12(16-10-3-4-10)5-1-2-11(6-12)17-9-14-8-15-17/h8-11,16H,1-6H2. The van der Waals surface area contributed by atoms with Crippen LogP contribution in [0.15, 0.2) is 12.7 Å². The minimum Gasteiger partial charge on any atom is -0.297 e. The van der Waals surface area contributed by atoms with E-state index in [4.69, 9.17) is 0 Å². The number of hydrogen-bond acceptors (Lipinski definition) is 4. The smallest absolute Gasteiger partial charge is 0.137 e. The van der Waals surface area contributed by atoms with Crippen LogP contribution < -0.4 is 5.32 Å². The monoisotopic (exact) mass is 231 g/mol. The lowest BCUT2D eigenvalue weighted by Gasteiger charge is -2.36. The van der Waals surface area contributed by atoms with E-state index in [9.17, 15) is 5.26 Å². The minimum atomic E-state index is -0.337. The molecular formula is C12H17N5. The molecule has 1 aromatic heterocycles. The summed E-state index contributed by atoms with van der Waals surface area (Å²) in [6, 6.07) is 3.40. The Morgan fingerprint density at radius 2 is 2.29 bits per heavy atom. The van der Waals surface area contributed by atoms with E-state index in [1.165, 1.54) is 12.8 Å². The van der Waals surface area contributed by atoms with Gasteiger partial charge in [-0.05, 0) is 32.1 Å². The zero-order chi connectivity index (χ0) is 11.7. The van der Waals surface area contributed by atoms with E-state index in [2.05, 4.69) is 21.5 Å². The Hall–Kier alpha value is -1.41. The molecule has 2 fully saturated rings. The molecule has 5 nitrogen and oxygen atoms in total. The highest BCUT2D eigenvalue weighted by Gasteiger charge is 2.41. The van der Waals surface area contributed by atoms with E-state index in [0.717, 1.165) is 25.7 Å². The van der Waals surface area contributed by atoms with E-state index in [-0.39, 0.29) is 5.54 Å². The molecule has 0 spiro atoms. The molecule has 2 aliphatic carbocycles.